The van der Waals surface area contributed by atoms with Gasteiger partial charge in [0.1, 0.15) is 0 Å². The van der Waals surface area contributed by atoms with E-state index in [-0.39, 0.29) is 24.2 Å². The fraction of sp³-hybridized carbons (Fsp3) is 0.500. The molecular formula is C16H23BrClN3O2. The van der Waals surface area contributed by atoms with Crippen LogP contribution < -0.4 is 16.0 Å². The molecule has 0 aromatic heterocycles. The van der Waals surface area contributed by atoms with Crippen molar-refractivity contribution in [2.24, 2.45) is 5.92 Å². The van der Waals surface area contributed by atoms with Crippen molar-refractivity contribution in [2.75, 3.05) is 26.2 Å². The maximum absolute atomic E-state index is 11.9. The Labute approximate surface area is 151 Å². The molecule has 1 aliphatic rings. The molecule has 5 nitrogen and oxygen atoms in total. The smallest absolute Gasteiger partial charge is 0.251 e. The Balaban J connectivity index is 0.00000264. The molecule has 0 aliphatic heterocycles. The number of carbonyl (C=O) groups excluding carboxylic acids is 2. The molecule has 0 heterocycles. The van der Waals surface area contributed by atoms with Gasteiger partial charge in [-0.3, -0.25) is 9.59 Å². The number of hydrogen-bond donors (Lipinski definition) is 3. The number of hydrogen-bond acceptors (Lipinski definition) is 3. The monoisotopic (exact) mass is 403 g/mol. The standard InChI is InChI=1S/C16H22BrN3O2.ClH/c17-14-4-1-3-13(9-14)16(22)20-8-2-7-19-15(21)11-18-10-12-5-6-12;/h1,3-4,9,12,18H,2,5-8,10-11H2,(H,19,21)(H,20,22);1H. The Morgan fingerprint density at radius 3 is 2.61 bits per heavy atom. The van der Waals surface area contributed by atoms with Crippen LogP contribution in [0.15, 0.2) is 28.7 Å². The second kappa shape index (κ2) is 10.6. The van der Waals surface area contributed by atoms with Gasteiger partial charge >= 0.3 is 0 Å². The molecule has 1 saturated carbocycles. The predicted octanol–water partition coefficient (Wildman–Crippen LogP) is 2.11. The van der Waals surface area contributed by atoms with Crippen molar-refractivity contribution in [1.29, 1.82) is 0 Å². The number of benzene rings is 1. The van der Waals surface area contributed by atoms with E-state index in [9.17, 15) is 9.59 Å². The van der Waals surface area contributed by atoms with Crippen molar-refractivity contribution in [2.45, 2.75) is 19.3 Å². The van der Waals surface area contributed by atoms with Crippen molar-refractivity contribution in [3.8, 4) is 0 Å². The fourth-order valence-electron chi connectivity index (χ4n) is 2.02. The van der Waals surface area contributed by atoms with Gasteiger partial charge in [0.05, 0.1) is 6.54 Å². The van der Waals surface area contributed by atoms with Gasteiger partial charge in [-0.25, -0.2) is 0 Å². The van der Waals surface area contributed by atoms with Crippen LogP contribution in [-0.4, -0.2) is 38.0 Å². The Morgan fingerprint density at radius 2 is 1.91 bits per heavy atom. The summed E-state index contributed by atoms with van der Waals surface area (Å²) in [6, 6.07) is 7.26. The first kappa shape index (κ1) is 19.9. The van der Waals surface area contributed by atoms with Crippen molar-refractivity contribution >= 4 is 40.2 Å². The van der Waals surface area contributed by atoms with Crippen molar-refractivity contribution in [3.05, 3.63) is 34.3 Å². The SMILES string of the molecule is Cl.O=C(CNCC1CC1)NCCCNC(=O)c1cccc(Br)c1. The van der Waals surface area contributed by atoms with Gasteiger partial charge in [-0.1, -0.05) is 22.0 Å². The number of rotatable bonds is 9. The summed E-state index contributed by atoms with van der Waals surface area (Å²) in [5.41, 5.74) is 0.627. The third-order valence-corrected chi connectivity index (χ3v) is 3.96. The van der Waals surface area contributed by atoms with Crippen molar-refractivity contribution < 1.29 is 9.59 Å². The summed E-state index contributed by atoms with van der Waals surface area (Å²) in [7, 11) is 0. The highest BCUT2D eigenvalue weighted by Crippen LogP contribution is 2.27. The van der Waals surface area contributed by atoms with Gasteiger partial charge in [-0.2, -0.15) is 0 Å². The van der Waals surface area contributed by atoms with Crippen LogP contribution in [0.25, 0.3) is 0 Å². The molecule has 2 rings (SSSR count). The maximum atomic E-state index is 11.9. The average Bonchev–Trinajstić information content (AvgIpc) is 3.31. The van der Waals surface area contributed by atoms with E-state index in [1.54, 1.807) is 12.1 Å². The van der Waals surface area contributed by atoms with Crippen LogP contribution >= 0.6 is 28.3 Å². The fourth-order valence-corrected chi connectivity index (χ4v) is 2.42. The van der Waals surface area contributed by atoms with E-state index < -0.39 is 0 Å². The van der Waals surface area contributed by atoms with E-state index >= 15 is 0 Å². The summed E-state index contributed by atoms with van der Waals surface area (Å²) in [5, 5.41) is 8.83. The van der Waals surface area contributed by atoms with Gasteiger partial charge < -0.3 is 16.0 Å². The lowest BCUT2D eigenvalue weighted by molar-refractivity contribution is -0.120. The molecule has 2 amide bonds. The molecule has 0 radical (unpaired) electrons. The minimum atomic E-state index is -0.0984. The Morgan fingerprint density at radius 1 is 1.17 bits per heavy atom. The third kappa shape index (κ3) is 8.34. The molecule has 0 unspecified atom stereocenters. The summed E-state index contributed by atoms with van der Waals surface area (Å²) in [6.07, 6.45) is 3.28. The zero-order chi connectivity index (χ0) is 15.8. The van der Waals surface area contributed by atoms with Crippen LogP contribution in [0.1, 0.15) is 29.6 Å². The van der Waals surface area contributed by atoms with Gasteiger partial charge in [-0.05, 0) is 49.9 Å². The first-order valence-corrected chi connectivity index (χ1v) is 8.45. The lowest BCUT2D eigenvalue weighted by atomic mass is 10.2. The molecule has 1 aromatic carbocycles. The number of carbonyl (C=O) groups is 2. The highest BCUT2D eigenvalue weighted by atomic mass is 79.9. The van der Waals surface area contributed by atoms with Crippen LogP contribution in [0, 0.1) is 5.92 Å². The van der Waals surface area contributed by atoms with E-state index in [1.807, 2.05) is 12.1 Å². The molecule has 23 heavy (non-hydrogen) atoms. The first-order chi connectivity index (χ1) is 10.6. The normalized spacial score (nSPS) is 13.1. The number of amides is 2. The van der Waals surface area contributed by atoms with Crippen molar-refractivity contribution in [1.82, 2.24) is 16.0 Å². The minimum Gasteiger partial charge on any atom is -0.355 e. The second-order valence-electron chi connectivity index (χ2n) is 5.54. The summed E-state index contributed by atoms with van der Waals surface area (Å²) in [6.45, 7) is 2.43. The largest absolute Gasteiger partial charge is 0.355 e. The quantitative estimate of drug-likeness (QED) is 0.552. The van der Waals surface area contributed by atoms with Crippen LogP contribution in [-0.2, 0) is 4.79 Å². The molecule has 0 saturated heterocycles. The van der Waals surface area contributed by atoms with E-state index in [1.165, 1.54) is 12.8 Å². The van der Waals surface area contributed by atoms with Crippen LogP contribution in [0.5, 0.6) is 0 Å². The van der Waals surface area contributed by atoms with E-state index in [0.29, 0.717) is 31.6 Å². The first-order valence-electron chi connectivity index (χ1n) is 7.66. The molecule has 3 N–H and O–H groups in total. The average molecular weight is 405 g/mol. The summed E-state index contributed by atoms with van der Waals surface area (Å²) < 4.78 is 0.881. The Kier molecular flexibility index (Phi) is 9.21. The number of nitrogens with one attached hydrogen (secondary N) is 3. The molecule has 1 aliphatic carbocycles. The Hall–Kier alpha value is -1.11. The topological polar surface area (TPSA) is 70.2 Å². The van der Waals surface area contributed by atoms with Crippen LogP contribution in [0.3, 0.4) is 0 Å². The molecule has 1 fully saturated rings. The Bertz CT molecular complexity index is 524. The van der Waals surface area contributed by atoms with Gasteiger partial charge in [0.15, 0.2) is 0 Å². The zero-order valence-corrected chi connectivity index (χ0v) is 15.3. The van der Waals surface area contributed by atoms with Gasteiger partial charge in [0.25, 0.3) is 5.91 Å². The highest BCUT2D eigenvalue weighted by Gasteiger charge is 2.20. The van der Waals surface area contributed by atoms with Crippen LogP contribution in [0.2, 0.25) is 0 Å². The van der Waals surface area contributed by atoms with Gasteiger partial charge in [0, 0.05) is 23.1 Å². The highest BCUT2D eigenvalue weighted by molar-refractivity contribution is 9.10. The number of halogens is 2. The molecule has 7 heteroatoms. The summed E-state index contributed by atoms with van der Waals surface area (Å²) in [4.78, 5) is 23.4. The molecule has 0 atom stereocenters. The van der Waals surface area contributed by atoms with Gasteiger partial charge in [-0.15, -0.1) is 12.4 Å². The third-order valence-electron chi connectivity index (χ3n) is 3.46. The summed E-state index contributed by atoms with van der Waals surface area (Å²) in [5.74, 6) is 0.693. The molecule has 128 valence electrons. The second-order valence-corrected chi connectivity index (χ2v) is 6.46. The van der Waals surface area contributed by atoms with E-state index in [4.69, 9.17) is 0 Å². The maximum Gasteiger partial charge on any atom is 0.251 e. The predicted molar refractivity (Wildman–Crippen MR) is 96.9 cm³/mol. The van der Waals surface area contributed by atoms with E-state index in [0.717, 1.165) is 16.9 Å². The summed E-state index contributed by atoms with van der Waals surface area (Å²) >= 11 is 3.34. The molecule has 0 bridgehead atoms. The van der Waals surface area contributed by atoms with Gasteiger partial charge in [0.2, 0.25) is 5.91 Å². The lowest BCUT2D eigenvalue weighted by Crippen LogP contribution is -2.36. The van der Waals surface area contributed by atoms with Crippen molar-refractivity contribution in [3.63, 3.8) is 0 Å². The lowest BCUT2D eigenvalue weighted by Gasteiger charge is -2.08. The minimum absolute atomic E-state index is 0. The molecule has 1 aromatic rings. The molecule has 0 spiro atoms. The van der Waals surface area contributed by atoms with E-state index in [2.05, 4.69) is 31.9 Å². The zero-order valence-electron chi connectivity index (χ0n) is 12.9. The van der Waals surface area contributed by atoms with Crippen LogP contribution in [0.4, 0.5) is 0 Å². The molecular weight excluding hydrogens is 382 g/mol.